The van der Waals surface area contributed by atoms with E-state index in [0.717, 1.165) is 23.3 Å². The van der Waals surface area contributed by atoms with Crippen molar-refractivity contribution in [1.29, 1.82) is 0 Å². The van der Waals surface area contributed by atoms with Gasteiger partial charge in [0, 0.05) is 23.6 Å². The van der Waals surface area contributed by atoms with Crippen LogP contribution in [0.25, 0.3) is 11.3 Å². The topological polar surface area (TPSA) is 99.9 Å². The van der Waals surface area contributed by atoms with Gasteiger partial charge in [0.05, 0.1) is 11.1 Å². The van der Waals surface area contributed by atoms with Gasteiger partial charge >= 0.3 is 5.00 Å². The summed E-state index contributed by atoms with van der Waals surface area (Å²) in [6, 6.07) is 1.50. The average Bonchev–Trinajstić information content (AvgIpc) is 2.94. The van der Waals surface area contributed by atoms with Gasteiger partial charge in [-0.2, -0.15) is 0 Å². The van der Waals surface area contributed by atoms with E-state index in [9.17, 15) is 10.1 Å². The van der Waals surface area contributed by atoms with Crippen molar-refractivity contribution in [2.24, 2.45) is 5.73 Å². The highest BCUT2D eigenvalue weighted by atomic mass is 32.1. The Morgan fingerprint density at radius 1 is 1.59 bits per heavy atom. The molecule has 0 saturated carbocycles. The van der Waals surface area contributed by atoms with Crippen LogP contribution in [0.15, 0.2) is 17.6 Å². The summed E-state index contributed by atoms with van der Waals surface area (Å²) < 4.78 is 1.69. The molecule has 0 atom stereocenters. The quantitative estimate of drug-likeness (QED) is 0.638. The number of rotatable bonds is 5. The maximum Gasteiger partial charge on any atom is 0.324 e. The number of nitro groups is 1. The normalized spacial score (nSPS) is 10.6. The van der Waals surface area contributed by atoms with Crippen molar-refractivity contribution in [3.8, 4) is 11.3 Å². The van der Waals surface area contributed by atoms with Gasteiger partial charge in [0.15, 0.2) is 0 Å². The number of aryl methyl sites for hydroxylation is 1. The molecule has 2 rings (SSSR count). The van der Waals surface area contributed by atoms with Crippen molar-refractivity contribution in [1.82, 2.24) is 15.0 Å². The van der Waals surface area contributed by atoms with Gasteiger partial charge in [0.2, 0.25) is 0 Å². The van der Waals surface area contributed by atoms with E-state index < -0.39 is 4.92 Å². The minimum atomic E-state index is -0.410. The van der Waals surface area contributed by atoms with Gasteiger partial charge in [-0.1, -0.05) is 16.6 Å². The monoisotopic (exact) mass is 253 g/mol. The van der Waals surface area contributed by atoms with Crippen molar-refractivity contribution in [2.75, 3.05) is 6.54 Å². The van der Waals surface area contributed by atoms with Gasteiger partial charge in [-0.15, -0.1) is 5.10 Å². The molecule has 0 amide bonds. The van der Waals surface area contributed by atoms with Crippen LogP contribution in [0.2, 0.25) is 0 Å². The molecule has 0 unspecified atom stereocenters. The Morgan fingerprint density at radius 3 is 3.06 bits per heavy atom. The highest BCUT2D eigenvalue weighted by Crippen LogP contribution is 2.28. The molecule has 0 aliphatic carbocycles. The van der Waals surface area contributed by atoms with Crippen LogP contribution in [0.5, 0.6) is 0 Å². The van der Waals surface area contributed by atoms with E-state index in [1.165, 1.54) is 6.07 Å². The predicted octanol–water partition coefficient (Wildman–Crippen LogP) is 1.26. The van der Waals surface area contributed by atoms with Crippen LogP contribution in [0.1, 0.15) is 6.42 Å². The lowest BCUT2D eigenvalue weighted by Crippen LogP contribution is -2.06. The van der Waals surface area contributed by atoms with Gasteiger partial charge in [-0.3, -0.25) is 14.8 Å². The molecule has 8 heteroatoms. The van der Waals surface area contributed by atoms with Crippen LogP contribution in [0, 0.1) is 10.1 Å². The number of aromatic nitrogens is 3. The van der Waals surface area contributed by atoms with E-state index >= 15 is 0 Å². The molecule has 2 heterocycles. The minimum absolute atomic E-state index is 0.108. The second-order valence-electron chi connectivity index (χ2n) is 3.44. The number of hydrogen-bond acceptors (Lipinski definition) is 6. The van der Waals surface area contributed by atoms with Crippen molar-refractivity contribution in [2.45, 2.75) is 13.0 Å². The Kier molecular flexibility index (Phi) is 3.45. The third-order valence-corrected chi connectivity index (χ3v) is 3.07. The Bertz CT molecular complexity index is 521. The summed E-state index contributed by atoms with van der Waals surface area (Å²) in [6.45, 7) is 1.30. The highest BCUT2D eigenvalue weighted by Gasteiger charge is 2.13. The highest BCUT2D eigenvalue weighted by molar-refractivity contribution is 7.13. The Morgan fingerprint density at radius 2 is 2.41 bits per heavy atom. The summed E-state index contributed by atoms with van der Waals surface area (Å²) in [7, 11) is 0. The molecule has 0 aliphatic rings. The first-order valence-corrected chi connectivity index (χ1v) is 5.92. The van der Waals surface area contributed by atoms with Crippen molar-refractivity contribution < 1.29 is 4.92 Å². The molecule has 0 bridgehead atoms. The summed E-state index contributed by atoms with van der Waals surface area (Å²) in [4.78, 5) is 10.1. The van der Waals surface area contributed by atoms with E-state index in [4.69, 9.17) is 5.73 Å². The second-order valence-corrected chi connectivity index (χ2v) is 4.33. The third-order valence-electron chi connectivity index (χ3n) is 2.19. The fourth-order valence-corrected chi connectivity index (χ4v) is 2.07. The lowest BCUT2D eigenvalue weighted by atomic mass is 10.2. The molecule has 0 aromatic carbocycles. The molecule has 2 aromatic rings. The molecule has 0 saturated heterocycles. The number of nitrogens with zero attached hydrogens (tertiary/aromatic N) is 4. The van der Waals surface area contributed by atoms with E-state index in [0.29, 0.717) is 18.8 Å². The zero-order valence-electron chi connectivity index (χ0n) is 8.94. The molecule has 17 heavy (non-hydrogen) atoms. The smallest absolute Gasteiger partial charge is 0.324 e. The fourth-order valence-electron chi connectivity index (χ4n) is 1.35. The fraction of sp³-hybridized carbons (Fsp3) is 0.333. The van der Waals surface area contributed by atoms with Crippen LogP contribution in [-0.4, -0.2) is 26.5 Å². The number of thiophene rings is 1. The summed E-state index contributed by atoms with van der Waals surface area (Å²) in [5.41, 5.74) is 6.76. The summed E-state index contributed by atoms with van der Waals surface area (Å²) in [6.07, 6.45) is 2.59. The third kappa shape index (κ3) is 2.66. The van der Waals surface area contributed by atoms with E-state index in [-0.39, 0.29) is 5.00 Å². The van der Waals surface area contributed by atoms with Gasteiger partial charge < -0.3 is 5.73 Å². The van der Waals surface area contributed by atoms with E-state index in [1.54, 1.807) is 16.3 Å². The largest absolute Gasteiger partial charge is 0.330 e. The molecule has 90 valence electrons. The average molecular weight is 253 g/mol. The van der Waals surface area contributed by atoms with Gasteiger partial charge in [-0.05, 0) is 13.0 Å². The zero-order valence-corrected chi connectivity index (χ0v) is 9.76. The zero-order chi connectivity index (χ0) is 12.3. The first kappa shape index (κ1) is 11.7. The second kappa shape index (κ2) is 5.02. The predicted molar refractivity (Wildman–Crippen MR) is 63.7 cm³/mol. The van der Waals surface area contributed by atoms with Crippen molar-refractivity contribution in [3.63, 3.8) is 0 Å². The molecular formula is C9H11N5O2S. The number of hydrogen-bond donors (Lipinski definition) is 1. The van der Waals surface area contributed by atoms with Crippen LogP contribution >= 0.6 is 11.3 Å². The molecule has 2 aromatic heterocycles. The summed E-state index contributed by atoms with van der Waals surface area (Å²) in [5.74, 6) is 0. The SMILES string of the molecule is NCCCn1cc(-c2csc([N+](=O)[O-])c2)nn1. The molecule has 7 nitrogen and oxygen atoms in total. The molecular weight excluding hydrogens is 242 g/mol. The minimum Gasteiger partial charge on any atom is -0.330 e. The lowest BCUT2D eigenvalue weighted by Gasteiger charge is -1.95. The van der Waals surface area contributed by atoms with Crippen molar-refractivity contribution in [3.05, 3.63) is 27.8 Å². The van der Waals surface area contributed by atoms with Crippen LogP contribution < -0.4 is 5.73 Å². The van der Waals surface area contributed by atoms with Crippen LogP contribution in [-0.2, 0) is 6.54 Å². The van der Waals surface area contributed by atoms with Gasteiger partial charge in [0.25, 0.3) is 0 Å². The first-order valence-electron chi connectivity index (χ1n) is 5.04. The molecule has 0 radical (unpaired) electrons. The summed E-state index contributed by atoms with van der Waals surface area (Å²) in [5, 5.41) is 20.3. The van der Waals surface area contributed by atoms with E-state index in [2.05, 4.69) is 10.3 Å². The standard InChI is InChI=1S/C9H11N5O2S/c10-2-1-3-13-5-8(11-12-13)7-4-9(14(15)16)17-6-7/h4-6H,1-3,10H2. The van der Waals surface area contributed by atoms with Gasteiger partial charge in [0.1, 0.15) is 5.69 Å². The van der Waals surface area contributed by atoms with Crippen LogP contribution in [0.3, 0.4) is 0 Å². The molecule has 0 spiro atoms. The molecule has 0 aliphatic heterocycles. The Labute approximate surface area is 101 Å². The maximum absolute atomic E-state index is 10.6. The maximum atomic E-state index is 10.6. The van der Waals surface area contributed by atoms with Crippen molar-refractivity contribution >= 4 is 16.3 Å². The molecule has 0 fully saturated rings. The lowest BCUT2D eigenvalue weighted by molar-refractivity contribution is -0.380. The summed E-state index contributed by atoms with van der Waals surface area (Å²) >= 11 is 1.08. The number of nitrogens with two attached hydrogens (primary N) is 1. The Hall–Kier alpha value is -1.80. The molecule has 2 N–H and O–H groups in total. The first-order chi connectivity index (χ1) is 8.20. The van der Waals surface area contributed by atoms with Gasteiger partial charge in [-0.25, -0.2) is 0 Å². The van der Waals surface area contributed by atoms with E-state index in [1.807, 2.05) is 0 Å². The van der Waals surface area contributed by atoms with Crippen LogP contribution in [0.4, 0.5) is 5.00 Å². The Balaban J connectivity index is 2.15.